The van der Waals surface area contributed by atoms with Crippen LogP contribution in [0, 0.1) is 5.92 Å². The van der Waals surface area contributed by atoms with Crippen molar-refractivity contribution >= 4 is 24.7 Å². The topological polar surface area (TPSA) is 76.1 Å². The summed E-state index contributed by atoms with van der Waals surface area (Å²) in [6, 6.07) is 0. The standard InChI is InChI=1S/C15H25NO5S/c17-14(18)13(22)12(10-11-4-2-1-3-5-11)21-15(19)16-6-8-20-9-7-16/h11-13,22H,1-10H2,(H,17,18). The van der Waals surface area contributed by atoms with Crippen molar-refractivity contribution in [2.24, 2.45) is 5.92 Å². The van der Waals surface area contributed by atoms with Crippen LogP contribution >= 0.6 is 12.6 Å². The zero-order valence-electron chi connectivity index (χ0n) is 12.8. The van der Waals surface area contributed by atoms with E-state index >= 15 is 0 Å². The Hall–Kier alpha value is -0.950. The number of carboxylic acids is 1. The lowest BCUT2D eigenvalue weighted by molar-refractivity contribution is -0.138. The van der Waals surface area contributed by atoms with Gasteiger partial charge in [0.2, 0.25) is 0 Å². The summed E-state index contributed by atoms with van der Waals surface area (Å²) in [6.45, 7) is 1.95. The van der Waals surface area contributed by atoms with Gasteiger partial charge in [-0.2, -0.15) is 12.6 Å². The van der Waals surface area contributed by atoms with Gasteiger partial charge in [0.1, 0.15) is 11.4 Å². The van der Waals surface area contributed by atoms with Crippen molar-refractivity contribution in [3.63, 3.8) is 0 Å². The molecule has 2 unspecified atom stereocenters. The van der Waals surface area contributed by atoms with E-state index in [1.54, 1.807) is 4.90 Å². The molecule has 0 aromatic carbocycles. The molecule has 2 fully saturated rings. The van der Waals surface area contributed by atoms with Crippen LogP contribution in [0.1, 0.15) is 38.5 Å². The molecule has 2 atom stereocenters. The lowest BCUT2D eigenvalue weighted by atomic mass is 9.85. The fourth-order valence-electron chi connectivity index (χ4n) is 3.10. The largest absolute Gasteiger partial charge is 0.480 e. The molecule has 22 heavy (non-hydrogen) atoms. The SMILES string of the molecule is O=C(O)C(S)C(CC1CCCCC1)OC(=O)N1CCOCC1. The summed E-state index contributed by atoms with van der Waals surface area (Å²) in [5.74, 6) is -0.621. The Bertz CT molecular complexity index is 380. The number of hydrogen-bond acceptors (Lipinski definition) is 5. The van der Waals surface area contributed by atoms with E-state index in [1.807, 2.05) is 0 Å². The first-order chi connectivity index (χ1) is 10.6. The molecule has 0 spiro atoms. The molecule has 1 saturated heterocycles. The number of carboxylic acid groups (broad SMARTS) is 1. The van der Waals surface area contributed by atoms with Crippen LogP contribution in [0.5, 0.6) is 0 Å². The first-order valence-electron chi connectivity index (χ1n) is 8.02. The zero-order chi connectivity index (χ0) is 15.9. The Morgan fingerprint density at radius 2 is 1.86 bits per heavy atom. The van der Waals surface area contributed by atoms with Crippen LogP contribution in [0.3, 0.4) is 0 Å². The Morgan fingerprint density at radius 3 is 2.45 bits per heavy atom. The van der Waals surface area contributed by atoms with Gasteiger partial charge in [-0.3, -0.25) is 4.79 Å². The number of nitrogens with zero attached hydrogens (tertiary/aromatic N) is 1. The molecule has 1 amide bonds. The van der Waals surface area contributed by atoms with Gasteiger partial charge in [-0.1, -0.05) is 32.1 Å². The van der Waals surface area contributed by atoms with Crippen molar-refractivity contribution in [2.75, 3.05) is 26.3 Å². The smallest absolute Gasteiger partial charge is 0.410 e. The minimum Gasteiger partial charge on any atom is -0.480 e. The maximum absolute atomic E-state index is 12.2. The summed E-state index contributed by atoms with van der Waals surface area (Å²) in [5.41, 5.74) is 0. The van der Waals surface area contributed by atoms with Crippen molar-refractivity contribution < 1.29 is 24.2 Å². The maximum Gasteiger partial charge on any atom is 0.410 e. The van der Waals surface area contributed by atoms with Gasteiger partial charge >= 0.3 is 12.1 Å². The third-order valence-electron chi connectivity index (χ3n) is 4.42. The van der Waals surface area contributed by atoms with Crippen molar-refractivity contribution in [2.45, 2.75) is 49.9 Å². The summed E-state index contributed by atoms with van der Waals surface area (Å²) >= 11 is 4.14. The van der Waals surface area contributed by atoms with E-state index in [2.05, 4.69) is 12.6 Å². The Labute approximate surface area is 136 Å². The molecule has 1 aliphatic heterocycles. The number of carbonyl (C=O) groups excluding carboxylic acids is 1. The average Bonchev–Trinajstić information content (AvgIpc) is 2.55. The molecular weight excluding hydrogens is 306 g/mol. The number of ether oxygens (including phenoxy) is 2. The third kappa shape index (κ3) is 5.05. The lowest BCUT2D eigenvalue weighted by Gasteiger charge is -2.31. The van der Waals surface area contributed by atoms with Crippen molar-refractivity contribution in [3.8, 4) is 0 Å². The fraction of sp³-hybridized carbons (Fsp3) is 0.867. The number of thiol groups is 1. The molecule has 126 valence electrons. The predicted molar refractivity (Wildman–Crippen MR) is 84.3 cm³/mol. The molecule has 0 bridgehead atoms. The van der Waals surface area contributed by atoms with Crippen LogP contribution in [0.25, 0.3) is 0 Å². The van der Waals surface area contributed by atoms with E-state index in [0.29, 0.717) is 38.6 Å². The molecule has 1 saturated carbocycles. The minimum absolute atomic E-state index is 0.422. The van der Waals surface area contributed by atoms with E-state index in [-0.39, 0.29) is 0 Å². The maximum atomic E-state index is 12.2. The average molecular weight is 331 g/mol. The van der Waals surface area contributed by atoms with Crippen LogP contribution in [0.2, 0.25) is 0 Å². The van der Waals surface area contributed by atoms with Crippen molar-refractivity contribution in [3.05, 3.63) is 0 Å². The second-order valence-electron chi connectivity index (χ2n) is 6.04. The molecule has 0 radical (unpaired) electrons. The molecular formula is C15H25NO5S. The van der Waals surface area contributed by atoms with Gasteiger partial charge in [0.25, 0.3) is 0 Å². The Morgan fingerprint density at radius 1 is 1.23 bits per heavy atom. The van der Waals surface area contributed by atoms with E-state index in [4.69, 9.17) is 9.47 Å². The molecule has 0 aromatic rings. The third-order valence-corrected chi connectivity index (χ3v) is 4.97. The van der Waals surface area contributed by atoms with Crippen LogP contribution in [-0.2, 0) is 14.3 Å². The molecule has 2 rings (SSSR count). The number of morpholine rings is 1. The molecule has 0 aromatic heterocycles. The van der Waals surface area contributed by atoms with Crippen molar-refractivity contribution in [1.29, 1.82) is 0 Å². The van der Waals surface area contributed by atoms with Gasteiger partial charge in [0.05, 0.1) is 13.2 Å². The van der Waals surface area contributed by atoms with Crippen molar-refractivity contribution in [1.82, 2.24) is 4.90 Å². The summed E-state index contributed by atoms with van der Waals surface area (Å²) in [6.07, 6.45) is 5.16. The van der Waals surface area contributed by atoms with Gasteiger partial charge in [-0.05, 0) is 12.3 Å². The van der Waals surface area contributed by atoms with Gasteiger partial charge in [-0.15, -0.1) is 0 Å². The molecule has 1 heterocycles. The summed E-state index contributed by atoms with van der Waals surface area (Å²) in [4.78, 5) is 25.0. The normalized spacial score (nSPS) is 22.9. The minimum atomic E-state index is -1.04. The molecule has 1 aliphatic carbocycles. The number of carbonyl (C=O) groups is 2. The van der Waals surface area contributed by atoms with E-state index in [1.165, 1.54) is 19.3 Å². The molecule has 2 aliphatic rings. The van der Waals surface area contributed by atoms with Crippen LogP contribution in [0.4, 0.5) is 4.79 Å². The Balaban J connectivity index is 1.93. The Kier molecular flexibility index (Phi) is 6.82. The lowest BCUT2D eigenvalue weighted by Crippen LogP contribution is -2.45. The van der Waals surface area contributed by atoms with E-state index in [0.717, 1.165) is 12.8 Å². The van der Waals surface area contributed by atoms with Gasteiger partial charge in [0.15, 0.2) is 0 Å². The molecule has 7 heteroatoms. The summed E-state index contributed by atoms with van der Waals surface area (Å²) < 4.78 is 10.7. The quantitative estimate of drug-likeness (QED) is 0.755. The van der Waals surface area contributed by atoms with E-state index < -0.39 is 23.4 Å². The summed E-state index contributed by atoms with van der Waals surface area (Å²) in [7, 11) is 0. The predicted octanol–water partition coefficient (Wildman–Crippen LogP) is 2.18. The zero-order valence-corrected chi connectivity index (χ0v) is 13.7. The molecule has 6 nitrogen and oxygen atoms in total. The second kappa shape index (κ2) is 8.62. The number of rotatable bonds is 5. The van der Waals surface area contributed by atoms with Crippen LogP contribution in [0.15, 0.2) is 0 Å². The second-order valence-corrected chi connectivity index (χ2v) is 6.60. The van der Waals surface area contributed by atoms with E-state index in [9.17, 15) is 14.7 Å². The highest BCUT2D eigenvalue weighted by Gasteiger charge is 2.32. The molecule has 1 N–H and O–H groups in total. The van der Waals surface area contributed by atoms with Gasteiger partial charge in [-0.25, -0.2) is 4.79 Å². The first kappa shape index (κ1) is 17.4. The summed E-state index contributed by atoms with van der Waals surface area (Å²) in [5, 5.41) is 8.22. The number of hydrogen-bond donors (Lipinski definition) is 2. The highest BCUT2D eigenvalue weighted by molar-refractivity contribution is 7.81. The van der Waals surface area contributed by atoms with Gasteiger partial charge in [0, 0.05) is 13.1 Å². The van der Waals surface area contributed by atoms with Gasteiger partial charge < -0.3 is 19.5 Å². The highest BCUT2D eigenvalue weighted by Crippen LogP contribution is 2.30. The highest BCUT2D eigenvalue weighted by atomic mass is 32.1. The number of amides is 1. The first-order valence-corrected chi connectivity index (χ1v) is 8.53. The number of aliphatic carboxylic acids is 1. The van der Waals surface area contributed by atoms with Crippen LogP contribution in [-0.4, -0.2) is 59.7 Å². The van der Waals surface area contributed by atoms with Crippen LogP contribution < -0.4 is 0 Å². The fourth-order valence-corrected chi connectivity index (χ4v) is 3.28. The monoisotopic (exact) mass is 331 g/mol.